The summed E-state index contributed by atoms with van der Waals surface area (Å²) in [7, 11) is 0. The molecule has 1 heterocycles. The van der Waals surface area contributed by atoms with E-state index in [9.17, 15) is 0 Å². The molecule has 2 N–H and O–H groups in total. The van der Waals surface area contributed by atoms with E-state index >= 15 is 0 Å². The van der Waals surface area contributed by atoms with Gasteiger partial charge in [0.2, 0.25) is 0 Å². The largest absolute Gasteiger partial charge is 0.372 e. The molecule has 1 saturated heterocycles. The maximum absolute atomic E-state index is 5.93. The first-order valence-corrected chi connectivity index (χ1v) is 7.31. The molecule has 3 heteroatoms. The van der Waals surface area contributed by atoms with Crippen LogP contribution in [0, 0.1) is 5.92 Å². The summed E-state index contributed by atoms with van der Waals surface area (Å²) in [5.41, 5.74) is 5.64. The predicted molar refractivity (Wildman–Crippen MR) is 73.1 cm³/mol. The number of ether oxygens (including phenoxy) is 1. The van der Waals surface area contributed by atoms with E-state index in [1.54, 1.807) is 0 Å². The van der Waals surface area contributed by atoms with E-state index < -0.39 is 0 Å². The summed E-state index contributed by atoms with van der Waals surface area (Å²) in [6, 6.07) is 0. The molecule has 0 aromatic heterocycles. The van der Waals surface area contributed by atoms with Crippen LogP contribution in [0.1, 0.15) is 46.5 Å². The third-order valence-corrected chi connectivity index (χ3v) is 4.04. The third kappa shape index (κ3) is 4.94. The van der Waals surface area contributed by atoms with Gasteiger partial charge in [0.15, 0.2) is 0 Å². The van der Waals surface area contributed by atoms with Gasteiger partial charge in [-0.1, -0.05) is 33.6 Å². The SMILES string of the molecule is CCC(CC)CN(CC)CC1CCC(CN)O1. The van der Waals surface area contributed by atoms with Crippen molar-refractivity contribution in [1.82, 2.24) is 4.90 Å². The van der Waals surface area contributed by atoms with E-state index in [4.69, 9.17) is 10.5 Å². The Labute approximate surface area is 107 Å². The maximum Gasteiger partial charge on any atom is 0.0707 e. The zero-order chi connectivity index (χ0) is 12.7. The molecule has 0 saturated carbocycles. The first-order valence-electron chi connectivity index (χ1n) is 7.31. The molecule has 102 valence electrons. The molecular weight excluding hydrogens is 212 g/mol. The lowest BCUT2D eigenvalue weighted by Gasteiger charge is -2.27. The first kappa shape index (κ1) is 14.9. The van der Waals surface area contributed by atoms with E-state index in [-0.39, 0.29) is 0 Å². The van der Waals surface area contributed by atoms with Gasteiger partial charge in [-0.2, -0.15) is 0 Å². The van der Waals surface area contributed by atoms with Crippen molar-refractivity contribution in [3.63, 3.8) is 0 Å². The fourth-order valence-corrected chi connectivity index (χ4v) is 2.62. The molecule has 1 fully saturated rings. The number of rotatable bonds is 8. The van der Waals surface area contributed by atoms with Crippen LogP contribution in [-0.4, -0.2) is 43.3 Å². The molecular formula is C14H30N2O. The van der Waals surface area contributed by atoms with E-state index in [1.165, 1.54) is 25.8 Å². The van der Waals surface area contributed by atoms with Crippen molar-refractivity contribution in [3.8, 4) is 0 Å². The Morgan fingerprint density at radius 2 is 1.82 bits per heavy atom. The molecule has 0 aliphatic carbocycles. The second-order valence-corrected chi connectivity index (χ2v) is 5.23. The molecule has 17 heavy (non-hydrogen) atoms. The second-order valence-electron chi connectivity index (χ2n) is 5.23. The summed E-state index contributed by atoms with van der Waals surface area (Å²) in [6.45, 7) is 10.9. The fraction of sp³-hybridized carbons (Fsp3) is 1.00. The molecule has 0 amide bonds. The zero-order valence-corrected chi connectivity index (χ0v) is 11.8. The molecule has 0 spiro atoms. The number of likely N-dealkylation sites (N-methyl/N-ethyl adjacent to an activating group) is 1. The van der Waals surface area contributed by atoms with Crippen LogP contribution >= 0.6 is 0 Å². The standard InChI is InChI=1S/C14H30N2O/c1-4-12(5-2)10-16(6-3)11-14-8-7-13(9-15)17-14/h12-14H,4-11,15H2,1-3H3. The van der Waals surface area contributed by atoms with Gasteiger partial charge in [-0.25, -0.2) is 0 Å². The van der Waals surface area contributed by atoms with Gasteiger partial charge < -0.3 is 15.4 Å². The Bertz CT molecular complexity index is 195. The summed E-state index contributed by atoms with van der Waals surface area (Å²) < 4.78 is 5.93. The second kappa shape index (κ2) is 8.06. The Kier molecular flexibility index (Phi) is 7.09. The van der Waals surface area contributed by atoms with Crippen LogP contribution in [0.15, 0.2) is 0 Å². The smallest absolute Gasteiger partial charge is 0.0707 e. The van der Waals surface area contributed by atoms with Crippen LogP contribution in [0.3, 0.4) is 0 Å². The molecule has 3 nitrogen and oxygen atoms in total. The van der Waals surface area contributed by atoms with Gasteiger partial charge in [-0.05, 0) is 25.3 Å². The zero-order valence-electron chi connectivity index (χ0n) is 11.8. The van der Waals surface area contributed by atoms with Crippen molar-refractivity contribution in [3.05, 3.63) is 0 Å². The van der Waals surface area contributed by atoms with Crippen molar-refractivity contribution in [2.45, 2.75) is 58.7 Å². The monoisotopic (exact) mass is 242 g/mol. The Hall–Kier alpha value is -0.120. The normalized spacial score (nSPS) is 25.1. The summed E-state index contributed by atoms with van der Waals surface area (Å²) in [4.78, 5) is 2.54. The first-order chi connectivity index (χ1) is 8.23. The minimum absolute atomic E-state index is 0.312. The lowest BCUT2D eigenvalue weighted by molar-refractivity contribution is 0.0248. The van der Waals surface area contributed by atoms with Gasteiger partial charge in [0, 0.05) is 19.6 Å². The highest BCUT2D eigenvalue weighted by Crippen LogP contribution is 2.20. The van der Waals surface area contributed by atoms with Gasteiger partial charge in [0.25, 0.3) is 0 Å². The van der Waals surface area contributed by atoms with Crippen LogP contribution in [0.25, 0.3) is 0 Å². The van der Waals surface area contributed by atoms with Crippen molar-refractivity contribution in [1.29, 1.82) is 0 Å². The Morgan fingerprint density at radius 3 is 2.29 bits per heavy atom. The van der Waals surface area contributed by atoms with Crippen LogP contribution in [0.2, 0.25) is 0 Å². The van der Waals surface area contributed by atoms with Gasteiger partial charge in [-0.15, -0.1) is 0 Å². The van der Waals surface area contributed by atoms with Crippen molar-refractivity contribution in [2.24, 2.45) is 11.7 Å². The topological polar surface area (TPSA) is 38.5 Å². The van der Waals surface area contributed by atoms with Gasteiger partial charge in [0.1, 0.15) is 0 Å². The summed E-state index contributed by atoms with van der Waals surface area (Å²) in [6.07, 6.45) is 5.61. The van der Waals surface area contributed by atoms with Crippen molar-refractivity contribution in [2.75, 3.05) is 26.2 Å². The van der Waals surface area contributed by atoms with Gasteiger partial charge in [-0.3, -0.25) is 0 Å². The van der Waals surface area contributed by atoms with Crippen LogP contribution in [-0.2, 0) is 4.74 Å². The van der Waals surface area contributed by atoms with Crippen molar-refractivity contribution >= 4 is 0 Å². The van der Waals surface area contributed by atoms with Crippen LogP contribution < -0.4 is 5.73 Å². The molecule has 2 atom stereocenters. The highest BCUT2D eigenvalue weighted by Gasteiger charge is 2.25. The average Bonchev–Trinajstić information content (AvgIpc) is 2.82. The van der Waals surface area contributed by atoms with Gasteiger partial charge >= 0.3 is 0 Å². The lowest BCUT2D eigenvalue weighted by Crippen LogP contribution is -2.36. The van der Waals surface area contributed by atoms with E-state index in [1.807, 2.05) is 0 Å². The molecule has 1 aliphatic rings. The molecule has 0 radical (unpaired) electrons. The number of nitrogens with two attached hydrogens (primary N) is 1. The van der Waals surface area contributed by atoms with E-state index in [0.29, 0.717) is 18.8 Å². The molecule has 2 unspecified atom stereocenters. The van der Waals surface area contributed by atoms with Crippen LogP contribution in [0.4, 0.5) is 0 Å². The van der Waals surface area contributed by atoms with Gasteiger partial charge in [0.05, 0.1) is 12.2 Å². The predicted octanol–water partition coefficient (Wildman–Crippen LogP) is 2.25. The maximum atomic E-state index is 5.93. The molecule has 0 aromatic carbocycles. The summed E-state index contributed by atoms with van der Waals surface area (Å²) in [5, 5.41) is 0. The molecule has 1 aliphatic heterocycles. The Balaban J connectivity index is 2.31. The van der Waals surface area contributed by atoms with E-state index in [0.717, 1.165) is 25.4 Å². The number of hydrogen-bond acceptors (Lipinski definition) is 3. The molecule has 0 bridgehead atoms. The Morgan fingerprint density at radius 1 is 1.18 bits per heavy atom. The molecule has 0 aromatic rings. The quantitative estimate of drug-likeness (QED) is 0.709. The fourth-order valence-electron chi connectivity index (χ4n) is 2.62. The molecule has 1 rings (SSSR count). The average molecular weight is 242 g/mol. The van der Waals surface area contributed by atoms with Crippen molar-refractivity contribution < 1.29 is 4.74 Å². The third-order valence-electron chi connectivity index (χ3n) is 4.04. The highest BCUT2D eigenvalue weighted by molar-refractivity contribution is 4.77. The highest BCUT2D eigenvalue weighted by atomic mass is 16.5. The van der Waals surface area contributed by atoms with Crippen LogP contribution in [0.5, 0.6) is 0 Å². The van der Waals surface area contributed by atoms with E-state index in [2.05, 4.69) is 25.7 Å². The summed E-state index contributed by atoms with van der Waals surface area (Å²) >= 11 is 0. The summed E-state index contributed by atoms with van der Waals surface area (Å²) in [5.74, 6) is 0.835. The minimum atomic E-state index is 0.312. The number of hydrogen-bond donors (Lipinski definition) is 1. The lowest BCUT2D eigenvalue weighted by atomic mass is 10.0. The number of nitrogens with zero attached hydrogens (tertiary/aromatic N) is 1. The minimum Gasteiger partial charge on any atom is -0.372 e.